The molecular formula is C16H23F2NO2. The van der Waals surface area contributed by atoms with Gasteiger partial charge in [-0.1, -0.05) is 19.8 Å². The van der Waals surface area contributed by atoms with Crippen LogP contribution in [0.2, 0.25) is 0 Å². The van der Waals surface area contributed by atoms with E-state index in [2.05, 4.69) is 17.0 Å². The first-order valence-electron chi connectivity index (χ1n) is 7.45. The van der Waals surface area contributed by atoms with E-state index < -0.39 is 6.61 Å². The smallest absolute Gasteiger partial charge is 0.387 e. The summed E-state index contributed by atoms with van der Waals surface area (Å²) < 4.78 is 34.6. The minimum atomic E-state index is -2.82. The molecule has 2 rings (SSSR count). The highest BCUT2D eigenvalue weighted by atomic mass is 19.3. The summed E-state index contributed by atoms with van der Waals surface area (Å²) in [5.41, 5.74) is 0.563. The fourth-order valence-corrected chi connectivity index (χ4v) is 2.76. The molecule has 0 radical (unpaired) electrons. The number of rotatable bonds is 6. The molecule has 1 N–H and O–H groups in total. The van der Waals surface area contributed by atoms with Gasteiger partial charge in [-0.25, -0.2) is 0 Å². The normalized spacial score (nSPS) is 22.1. The van der Waals surface area contributed by atoms with Gasteiger partial charge in [-0.05, 0) is 36.8 Å². The lowest BCUT2D eigenvalue weighted by atomic mass is 9.83. The topological polar surface area (TPSA) is 30.5 Å². The highest BCUT2D eigenvalue weighted by Crippen LogP contribution is 2.32. The zero-order chi connectivity index (χ0) is 15.2. The summed E-state index contributed by atoms with van der Waals surface area (Å²) >= 11 is 0. The quantitative estimate of drug-likeness (QED) is 0.837. The molecule has 0 amide bonds. The Kier molecular flexibility index (Phi) is 5.65. The average Bonchev–Trinajstić information content (AvgIpc) is 2.47. The van der Waals surface area contributed by atoms with Crippen molar-refractivity contribution >= 4 is 5.69 Å². The molecule has 0 aromatic heterocycles. The molecule has 0 heterocycles. The van der Waals surface area contributed by atoms with Crippen LogP contribution >= 0.6 is 0 Å². The third-order valence-electron chi connectivity index (χ3n) is 4.12. The molecule has 1 aromatic rings. The van der Waals surface area contributed by atoms with Gasteiger partial charge in [0.2, 0.25) is 0 Å². The maximum atomic E-state index is 12.4. The van der Waals surface area contributed by atoms with Gasteiger partial charge in [0.15, 0.2) is 0 Å². The number of hydrogen-bond acceptors (Lipinski definition) is 3. The van der Waals surface area contributed by atoms with Crippen LogP contribution in [0, 0.1) is 11.8 Å². The molecule has 0 atom stereocenters. The van der Waals surface area contributed by atoms with Crippen LogP contribution in [0.1, 0.15) is 32.6 Å². The minimum Gasteiger partial charge on any atom is -0.497 e. The highest BCUT2D eigenvalue weighted by Gasteiger charge is 2.19. The van der Waals surface area contributed by atoms with E-state index in [-0.39, 0.29) is 5.75 Å². The van der Waals surface area contributed by atoms with E-state index in [4.69, 9.17) is 4.74 Å². The summed E-state index contributed by atoms with van der Waals surface area (Å²) in [5.74, 6) is 2.17. The number of anilines is 1. The van der Waals surface area contributed by atoms with Crippen LogP contribution in [-0.4, -0.2) is 20.3 Å². The van der Waals surface area contributed by atoms with E-state index in [9.17, 15) is 8.78 Å². The van der Waals surface area contributed by atoms with Crippen molar-refractivity contribution in [2.24, 2.45) is 11.8 Å². The van der Waals surface area contributed by atoms with Gasteiger partial charge in [0.25, 0.3) is 0 Å². The van der Waals surface area contributed by atoms with Crippen molar-refractivity contribution in [2.75, 3.05) is 19.0 Å². The molecule has 1 aliphatic rings. The Morgan fingerprint density at radius 3 is 2.57 bits per heavy atom. The Bertz CT molecular complexity index is 446. The van der Waals surface area contributed by atoms with Crippen molar-refractivity contribution < 1.29 is 18.3 Å². The summed E-state index contributed by atoms with van der Waals surface area (Å²) in [6, 6.07) is 4.82. The average molecular weight is 299 g/mol. The minimum absolute atomic E-state index is 0.162. The highest BCUT2D eigenvalue weighted by molar-refractivity contribution is 5.59. The van der Waals surface area contributed by atoms with Crippen LogP contribution in [0.4, 0.5) is 14.5 Å². The predicted octanol–water partition coefficient (Wildman–Crippen LogP) is 4.53. The second-order valence-electron chi connectivity index (χ2n) is 5.75. The number of methoxy groups -OCH3 is 1. The molecule has 1 saturated carbocycles. The SMILES string of the molecule is COc1ccc(OC(F)F)c(NCC2CCC(C)CC2)c1. The van der Waals surface area contributed by atoms with E-state index in [1.807, 2.05) is 0 Å². The van der Waals surface area contributed by atoms with Crippen molar-refractivity contribution in [1.82, 2.24) is 0 Å². The van der Waals surface area contributed by atoms with Crippen LogP contribution in [0.25, 0.3) is 0 Å². The van der Waals surface area contributed by atoms with Crippen molar-refractivity contribution in [2.45, 2.75) is 39.2 Å². The van der Waals surface area contributed by atoms with Gasteiger partial charge in [-0.3, -0.25) is 0 Å². The van der Waals surface area contributed by atoms with E-state index in [1.165, 1.54) is 31.7 Å². The molecule has 0 bridgehead atoms. The fraction of sp³-hybridized carbons (Fsp3) is 0.625. The Morgan fingerprint density at radius 2 is 1.95 bits per heavy atom. The van der Waals surface area contributed by atoms with Gasteiger partial charge >= 0.3 is 6.61 Å². The van der Waals surface area contributed by atoms with Crippen molar-refractivity contribution in [3.8, 4) is 11.5 Å². The second-order valence-corrected chi connectivity index (χ2v) is 5.75. The fourth-order valence-electron chi connectivity index (χ4n) is 2.76. The molecule has 0 saturated heterocycles. The molecule has 3 nitrogen and oxygen atoms in total. The lowest BCUT2D eigenvalue weighted by molar-refractivity contribution is -0.0494. The van der Waals surface area contributed by atoms with E-state index in [1.54, 1.807) is 19.2 Å². The van der Waals surface area contributed by atoms with Crippen LogP contribution in [0.5, 0.6) is 11.5 Å². The Balaban J connectivity index is 1.99. The molecular weight excluding hydrogens is 276 g/mol. The van der Waals surface area contributed by atoms with Crippen LogP contribution in [0.15, 0.2) is 18.2 Å². The standard InChI is InChI=1S/C16H23F2NO2/c1-11-3-5-12(6-4-11)10-19-14-9-13(20-2)7-8-15(14)21-16(17)18/h7-9,11-12,16,19H,3-6,10H2,1-2H3. The number of benzene rings is 1. The Hall–Kier alpha value is -1.52. The molecule has 1 fully saturated rings. The van der Waals surface area contributed by atoms with Gasteiger partial charge in [-0.2, -0.15) is 8.78 Å². The van der Waals surface area contributed by atoms with Crippen LogP contribution in [-0.2, 0) is 0 Å². The number of halogens is 2. The number of nitrogens with one attached hydrogen (secondary N) is 1. The zero-order valence-corrected chi connectivity index (χ0v) is 12.6. The van der Waals surface area contributed by atoms with Gasteiger partial charge < -0.3 is 14.8 Å². The van der Waals surface area contributed by atoms with Gasteiger partial charge in [0.05, 0.1) is 12.8 Å². The molecule has 0 aliphatic heterocycles. The summed E-state index contributed by atoms with van der Waals surface area (Å²) in [6.07, 6.45) is 4.85. The number of alkyl halides is 2. The molecule has 0 spiro atoms. The van der Waals surface area contributed by atoms with E-state index >= 15 is 0 Å². The molecule has 21 heavy (non-hydrogen) atoms. The molecule has 118 valence electrons. The predicted molar refractivity (Wildman–Crippen MR) is 79.2 cm³/mol. The maximum absolute atomic E-state index is 12.4. The first-order valence-corrected chi connectivity index (χ1v) is 7.45. The van der Waals surface area contributed by atoms with Crippen LogP contribution < -0.4 is 14.8 Å². The van der Waals surface area contributed by atoms with E-state index in [0.29, 0.717) is 17.4 Å². The Morgan fingerprint density at radius 1 is 1.24 bits per heavy atom. The lowest BCUT2D eigenvalue weighted by Crippen LogP contribution is -2.20. The van der Waals surface area contributed by atoms with Crippen LogP contribution in [0.3, 0.4) is 0 Å². The maximum Gasteiger partial charge on any atom is 0.387 e. The van der Waals surface area contributed by atoms with Gasteiger partial charge in [0.1, 0.15) is 11.5 Å². The summed E-state index contributed by atoms with van der Waals surface area (Å²) in [7, 11) is 1.55. The van der Waals surface area contributed by atoms with Crippen molar-refractivity contribution in [1.29, 1.82) is 0 Å². The number of hydrogen-bond donors (Lipinski definition) is 1. The molecule has 5 heteroatoms. The summed E-state index contributed by atoms with van der Waals surface area (Å²) in [6.45, 7) is 0.231. The Labute approximate surface area is 124 Å². The number of ether oxygens (including phenoxy) is 2. The monoisotopic (exact) mass is 299 g/mol. The van der Waals surface area contributed by atoms with E-state index in [0.717, 1.165) is 12.5 Å². The summed E-state index contributed by atoms with van der Waals surface area (Å²) in [5, 5.41) is 3.24. The first kappa shape index (κ1) is 15.9. The third kappa shape index (κ3) is 4.76. The zero-order valence-electron chi connectivity index (χ0n) is 12.6. The molecule has 1 aromatic carbocycles. The third-order valence-corrected chi connectivity index (χ3v) is 4.12. The van der Waals surface area contributed by atoms with Gasteiger partial charge in [-0.15, -0.1) is 0 Å². The lowest BCUT2D eigenvalue weighted by Gasteiger charge is -2.27. The molecule has 1 aliphatic carbocycles. The van der Waals surface area contributed by atoms with Gasteiger partial charge in [0, 0.05) is 12.6 Å². The van der Waals surface area contributed by atoms with Crippen molar-refractivity contribution in [3.63, 3.8) is 0 Å². The van der Waals surface area contributed by atoms with Crippen molar-refractivity contribution in [3.05, 3.63) is 18.2 Å². The largest absolute Gasteiger partial charge is 0.497 e. The first-order chi connectivity index (χ1) is 10.1. The molecule has 0 unspecified atom stereocenters. The second kappa shape index (κ2) is 7.48. The summed E-state index contributed by atoms with van der Waals surface area (Å²) in [4.78, 5) is 0.